The van der Waals surface area contributed by atoms with Crippen molar-refractivity contribution < 1.29 is 13.2 Å². The lowest BCUT2D eigenvalue weighted by atomic mass is 10.3. The first-order chi connectivity index (χ1) is 8.91. The molecule has 0 aliphatic heterocycles. The molecule has 0 aromatic carbocycles. The van der Waals surface area contributed by atoms with E-state index in [2.05, 4.69) is 4.98 Å². The van der Waals surface area contributed by atoms with Crippen LogP contribution >= 0.6 is 12.2 Å². The lowest BCUT2D eigenvalue weighted by molar-refractivity contribution is 0.138. The molecule has 8 heteroatoms. The molecule has 0 amide bonds. The van der Waals surface area contributed by atoms with E-state index in [1.54, 1.807) is 0 Å². The van der Waals surface area contributed by atoms with Gasteiger partial charge >= 0.3 is 0 Å². The summed E-state index contributed by atoms with van der Waals surface area (Å²) in [4.78, 5) is 3.89. The Bertz CT molecular complexity index is 546. The lowest BCUT2D eigenvalue weighted by Crippen LogP contribution is -2.32. The minimum absolute atomic E-state index is 0.0153. The van der Waals surface area contributed by atoms with Crippen molar-refractivity contribution in [3.63, 3.8) is 0 Å². The van der Waals surface area contributed by atoms with Gasteiger partial charge in [0.05, 0.1) is 6.61 Å². The van der Waals surface area contributed by atoms with Gasteiger partial charge in [0.15, 0.2) is 0 Å². The van der Waals surface area contributed by atoms with Crippen LogP contribution in [0.4, 0.5) is 0 Å². The molecule has 0 aliphatic carbocycles. The zero-order valence-corrected chi connectivity index (χ0v) is 12.5. The molecule has 2 N–H and O–H groups in total. The third-order valence-electron chi connectivity index (χ3n) is 2.45. The predicted molar refractivity (Wildman–Crippen MR) is 76.4 cm³/mol. The van der Waals surface area contributed by atoms with E-state index in [-0.39, 0.29) is 22.1 Å². The highest BCUT2D eigenvalue weighted by molar-refractivity contribution is 7.89. The van der Waals surface area contributed by atoms with Gasteiger partial charge in [-0.25, -0.2) is 8.42 Å². The summed E-state index contributed by atoms with van der Waals surface area (Å²) in [5, 5.41) is 0. The second-order valence-corrected chi connectivity index (χ2v) is 6.19. The predicted octanol–water partition coefficient (Wildman–Crippen LogP) is 0.373. The molecule has 0 spiro atoms. The van der Waals surface area contributed by atoms with E-state index in [0.717, 1.165) is 0 Å². The molecule has 106 valence electrons. The van der Waals surface area contributed by atoms with E-state index in [1.165, 1.54) is 29.7 Å². The molecule has 0 atom stereocenters. The number of aromatic nitrogens is 1. The summed E-state index contributed by atoms with van der Waals surface area (Å²) in [6, 6.07) is 2.97. The highest BCUT2D eigenvalue weighted by atomic mass is 32.2. The Kier molecular flexibility index (Phi) is 5.80. The van der Waals surface area contributed by atoms with Crippen molar-refractivity contribution in [2.24, 2.45) is 5.73 Å². The number of sulfonamides is 1. The summed E-state index contributed by atoms with van der Waals surface area (Å²) in [5.74, 6) is 0. The number of nitrogens with two attached hydrogens (primary N) is 1. The fourth-order valence-corrected chi connectivity index (χ4v) is 2.94. The van der Waals surface area contributed by atoms with Crippen LogP contribution in [0.3, 0.4) is 0 Å². The Hall–Kier alpha value is -1.09. The molecule has 1 rings (SSSR count). The molecule has 0 bridgehead atoms. The van der Waals surface area contributed by atoms with Crippen LogP contribution in [0.25, 0.3) is 0 Å². The molecule has 1 heterocycles. The smallest absolute Gasteiger partial charge is 0.245 e. The molecule has 19 heavy (non-hydrogen) atoms. The average Bonchev–Trinajstić information content (AvgIpc) is 2.38. The number of ether oxygens (including phenoxy) is 1. The minimum Gasteiger partial charge on any atom is -0.388 e. The van der Waals surface area contributed by atoms with E-state index >= 15 is 0 Å². The molecule has 0 radical (unpaired) electrons. The zero-order valence-electron chi connectivity index (χ0n) is 10.9. The van der Waals surface area contributed by atoms with Gasteiger partial charge in [0.1, 0.15) is 15.6 Å². The number of thiocarbonyl (C=S) groups is 1. The first-order valence-corrected chi connectivity index (χ1v) is 7.55. The van der Waals surface area contributed by atoms with Crippen molar-refractivity contribution in [1.82, 2.24) is 9.29 Å². The van der Waals surface area contributed by atoms with Crippen LogP contribution in [-0.2, 0) is 14.8 Å². The van der Waals surface area contributed by atoms with Gasteiger partial charge in [0.2, 0.25) is 10.0 Å². The van der Waals surface area contributed by atoms with Crippen LogP contribution in [0, 0.1) is 0 Å². The molecule has 1 aromatic rings. The zero-order chi connectivity index (χ0) is 14.5. The molecular formula is C11H17N3O3S2. The van der Waals surface area contributed by atoms with Crippen molar-refractivity contribution in [1.29, 1.82) is 0 Å². The number of likely N-dealkylation sites (N-methyl/N-ethyl adjacent to an activating group) is 1. The molecule has 0 fully saturated rings. The van der Waals surface area contributed by atoms with Crippen molar-refractivity contribution in [2.45, 2.75) is 11.8 Å². The fourth-order valence-electron chi connectivity index (χ4n) is 1.41. The van der Waals surface area contributed by atoms with Gasteiger partial charge in [-0.2, -0.15) is 4.31 Å². The highest BCUT2D eigenvalue weighted by Crippen LogP contribution is 2.17. The van der Waals surface area contributed by atoms with Gasteiger partial charge in [-0.15, -0.1) is 0 Å². The Labute approximate surface area is 118 Å². The topological polar surface area (TPSA) is 85.5 Å². The summed E-state index contributed by atoms with van der Waals surface area (Å²) < 4.78 is 31.1. The van der Waals surface area contributed by atoms with E-state index in [9.17, 15) is 8.42 Å². The van der Waals surface area contributed by atoms with Gasteiger partial charge in [0, 0.05) is 26.4 Å². The Morgan fingerprint density at radius 3 is 2.84 bits per heavy atom. The summed E-state index contributed by atoms with van der Waals surface area (Å²) in [7, 11) is -2.19. The minimum atomic E-state index is -3.67. The Balaban J connectivity index is 3.03. The quantitative estimate of drug-likeness (QED) is 0.579. The van der Waals surface area contributed by atoms with E-state index in [1.807, 2.05) is 6.92 Å². The van der Waals surface area contributed by atoms with Crippen LogP contribution in [-0.4, -0.2) is 49.5 Å². The van der Waals surface area contributed by atoms with E-state index < -0.39 is 10.0 Å². The standard InChI is InChI=1S/C11H17N3O3S2/c1-3-17-8-7-14(2)19(15,16)9-5-4-6-13-10(9)11(12)18/h4-6H,3,7-8H2,1-2H3,(H2,12,18). The van der Waals surface area contributed by atoms with E-state index in [4.69, 9.17) is 22.7 Å². The maximum atomic E-state index is 12.4. The summed E-state index contributed by atoms with van der Waals surface area (Å²) >= 11 is 4.82. The Morgan fingerprint density at radius 2 is 2.26 bits per heavy atom. The van der Waals surface area contributed by atoms with Crippen molar-refractivity contribution >= 4 is 27.2 Å². The molecule has 0 saturated carbocycles. The average molecular weight is 303 g/mol. The van der Waals surface area contributed by atoms with Gasteiger partial charge in [-0.3, -0.25) is 4.98 Å². The maximum absolute atomic E-state index is 12.4. The van der Waals surface area contributed by atoms with Crippen LogP contribution in [0.5, 0.6) is 0 Å². The van der Waals surface area contributed by atoms with Crippen LogP contribution in [0.2, 0.25) is 0 Å². The van der Waals surface area contributed by atoms with Gasteiger partial charge in [-0.05, 0) is 19.1 Å². The third-order valence-corrected chi connectivity index (χ3v) is 4.53. The number of rotatable bonds is 7. The second kappa shape index (κ2) is 6.90. The van der Waals surface area contributed by atoms with Crippen LogP contribution in [0.15, 0.2) is 23.2 Å². The van der Waals surface area contributed by atoms with Crippen LogP contribution < -0.4 is 5.73 Å². The largest absolute Gasteiger partial charge is 0.388 e. The number of hydrogen-bond donors (Lipinski definition) is 1. The lowest BCUT2D eigenvalue weighted by Gasteiger charge is -2.18. The number of nitrogens with zero attached hydrogens (tertiary/aromatic N) is 2. The summed E-state index contributed by atoms with van der Waals surface area (Å²) in [5.41, 5.74) is 5.61. The molecule has 0 saturated heterocycles. The normalized spacial score (nSPS) is 11.7. The second-order valence-electron chi connectivity index (χ2n) is 3.74. The fraction of sp³-hybridized carbons (Fsp3) is 0.455. The summed E-state index contributed by atoms with van der Waals surface area (Å²) in [6.45, 7) is 2.97. The number of hydrogen-bond acceptors (Lipinski definition) is 5. The molecular weight excluding hydrogens is 286 g/mol. The van der Waals surface area contributed by atoms with Crippen molar-refractivity contribution in [3.05, 3.63) is 24.0 Å². The first-order valence-electron chi connectivity index (χ1n) is 5.70. The van der Waals surface area contributed by atoms with E-state index in [0.29, 0.717) is 13.2 Å². The van der Waals surface area contributed by atoms with Gasteiger partial charge in [-0.1, -0.05) is 12.2 Å². The summed E-state index contributed by atoms with van der Waals surface area (Å²) in [6.07, 6.45) is 1.45. The first kappa shape index (κ1) is 16.0. The van der Waals surface area contributed by atoms with Crippen LogP contribution in [0.1, 0.15) is 12.6 Å². The number of pyridine rings is 1. The van der Waals surface area contributed by atoms with Gasteiger partial charge in [0.25, 0.3) is 0 Å². The molecule has 1 aromatic heterocycles. The monoisotopic (exact) mass is 303 g/mol. The SMILES string of the molecule is CCOCCN(C)S(=O)(=O)c1cccnc1C(N)=S. The third kappa shape index (κ3) is 3.93. The van der Waals surface area contributed by atoms with Gasteiger partial charge < -0.3 is 10.5 Å². The molecule has 0 unspecified atom stereocenters. The molecule has 6 nitrogen and oxygen atoms in total. The van der Waals surface area contributed by atoms with Crippen molar-refractivity contribution in [2.75, 3.05) is 26.8 Å². The Morgan fingerprint density at radius 1 is 1.58 bits per heavy atom. The maximum Gasteiger partial charge on any atom is 0.245 e. The molecule has 0 aliphatic rings. The highest BCUT2D eigenvalue weighted by Gasteiger charge is 2.25. The van der Waals surface area contributed by atoms with Crippen molar-refractivity contribution in [3.8, 4) is 0 Å².